The van der Waals surface area contributed by atoms with E-state index in [1.54, 1.807) is 0 Å². The number of hydrogen-bond acceptors (Lipinski definition) is 4. The molecule has 0 radical (unpaired) electrons. The van der Waals surface area contributed by atoms with Gasteiger partial charge in [-0.15, -0.1) is 0 Å². The fourth-order valence-electron chi connectivity index (χ4n) is 2.87. The van der Waals surface area contributed by atoms with E-state index in [4.69, 9.17) is 0 Å². The summed E-state index contributed by atoms with van der Waals surface area (Å²) in [7, 11) is 0. The molecule has 0 aliphatic carbocycles. The minimum atomic E-state index is -0.606. The molecule has 1 atom stereocenters. The van der Waals surface area contributed by atoms with Gasteiger partial charge in [0, 0.05) is 12.1 Å². The summed E-state index contributed by atoms with van der Waals surface area (Å²) in [6.45, 7) is 1.55. The van der Waals surface area contributed by atoms with Crippen molar-refractivity contribution < 1.29 is 9.72 Å². The maximum atomic E-state index is 12.3. The number of nitrogens with one attached hydrogen (secondary N) is 1. The molecule has 0 bridgehead atoms. The predicted molar refractivity (Wildman–Crippen MR) is 106 cm³/mol. The van der Waals surface area contributed by atoms with Gasteiger partial charge in [-0.25, -0.2) is 0 Å². The Labute approximate surface area is 161 Å². The standard InChI is InChI=1S/C21H19N3O4/c1-15(16-7-9-18(10-8-16)17-5-3-2-4-6-17)22-20(25)14-23-13-19(24(27)28)11-12-21(23)26/h2-13,15H,14H2,1H3,(H,22,25). The number of nitrogens with zero attached hydrogens (tertiary/aromatic N) is 2. The zero-order valence-electron chi connectivity index (χ0n) is 15.2. The molecule has 1 amide bonds. The van der Waals surface area contributed by atoms with Crippen LogP contribution in [0, 0.1) is 10.1 Å². The maximum Gasteiger partial charge on any atom is 0.285 e. The van der Waals surface area contributed by atoms with Gasteiger partial charge in [0.2, 0.25) is 5.91 Å². The van der Waals surface area contributed by atoms with Gasteiger partial charge in [-0.1, -0.05) is 54.6 Å². The highest BCUT2D eigenvalue weighted by atomic mass is 16.6. The Morgan fingerprint density at radius 2 is 1.68 bits per heavy atom. The van der Waals surface area contributed by atoms with E-state index in [1.807, 2.05) is 61.5 Å². The lowest BCUT2D eigenvalue weighted by molar-refractivity contribution is -0.385. The minimum absolute atomic E-state index is 0.239. The summed E-state index contributed by atoms with van der Waals surface area (Å²) >= 11 is 0. The zero-order valence-corrected chi connectivity index (χ0v) is 15.2. The van der Waals surface area contributed by atoms with Crippen LogP contribution in [0.25, 0.3) is 11.1 Å². The third-order valence-corrected chi connectivity index (χ3v) is 4.39. The summed E-state index contributed by atoms with van der Waals surface area (Å²) in [4.78, 5) is 34.3. The molecule has 1 N–H and O–H groups in total. The van der Waals surface area contributed by atoms with E-state index in [9.17, 15) is 19.7 Å². The number of nitro groups is 1. The van der Waals surface area contributed by atoms with Gasteiger partial charge in [0.25, 0.3) is 11.2 Å². The average Bonchev–Trinajstić information content (AvgIpc) is 2.70. The van der Waals surface area contributed by atoms with Crippen LogP contribution in [0.4, 0.5) is 5.69 Å². The fourth-order valence-corrected chi connectivity index (χ4v) is 2.87. The molecule has 1 aromatic heterocycles. The number of benzene rings is 2. The SMILES string of the molecule is CC(NC(=O)Cn1cc([N+](=O)[O-])ccc1=O)c1ccc(-c2ccccc2)cc1. The van der Waals surface area contributed by atoms with Crippen molar-refractivity contribution in [3.8, 4) is 11.1 Å². The lowest BCUT2D eigenvalue weighted by atomic mass is 10.0. The summed E-state index contributed by atoms with van der Waals surface area (Å²) in [6, 6.07) is 19.7. The summed E-state index contributed by atoms with van der Waals surface area (Å²) in [5.74, 6) is -0.401. The fraction of sp³-hybridized carbons (Fsp3) is 0.143. The van der Waals surface area contributed by atoms with Crippen LogP contribution in [0.15, 0.2) is 77.7 Å². The van der Waals surface area contributed by atoms with Crippen LogP contribution in [0.5, 0.6) is 0 Å². The Bertz CT molecular complexity index is 1040. The number of rotatable bonds is 6. The molecule has 28 heavy (non-hydrogen) atoms. The van der Waals surface area contributed by atoms with Crippen LogP contribution >= 0.6 is 0 Å². The van der Waals surface area contributed by atoms with Crippen molar-refractivity contribution in [2.75, 3.05) is 0 Å². The summed E-state index contributed by atoms with van der Waals surface area (Å²) in [6.07, 6.45) is 1.07. The predicted octanol–water partition coefficient (Wildman–Crippen LogP) is 3.30. The highest BCUT2D eigenvalue weighted by Gasteiger charge is 2.13. The van der Waals surface area contributed by atoms with Crippen molar-refractivity contribution in [2.24, 2.45) is 0 Å². The number of carbonyl (C=O) groups is 1. The normalized spacial score (nSPS) is 11.6. The number of hydrogen-bond donors (Lipinski definition) is 1. The molecule has 1 unspecified atom stereocenters. The molecule has 0 aliphatic rings. The summed E-state index contributed by atoms with van der Waals surface area (Å²) in [5.41, 5.74) is 2.39. The molecular formula is C21H19N3O4. The van der Waals surface area contributed by atoms with Crippen LogP contribution in [0.1, 0.15) is 18.5 Å². The van der Waals surface area contributed by atoms with Gasteiger partial charge >= 0.3 is 0 Å². The van der Waals surface area contributed by atoms with Gasteiger partial charge in [-0.2, -0.15) is 0 Å². The molecule has 142 valence electrons. The lowest BCUT2D eigenvalue weighted by Crippen LogP contribution is -2.33. The first kappa shape index (κ1) is 19.0. The highest BCUT2D eigenvalue weighted by Crippen LogP contribution is 2.21. The summed E-state index contributed by atoms with van der Waals surface area (Å²) < 4.78 is 1.03. The molecule has 0 saturated carbocycles. The molecule has 2 aromatic carbocycles. The molecule has 3 rings (SSSR count). The van der Waals surface area contributed by atoms with E-state index in [0.717, 1.165) is 39.6 Å². The van der Waals surface area contributed by atoms with E-state index >= 15 is 0 Å². The monoisotopic (exact) mass is 377 g/mol. The summed E-state index contributed by atoms with van der Waals surface area (Å²) in [5, 5.41) is 13.6. The highest BCUT2D eigenvalue weighted by molar-refractivity contribution is 5.76. The van der Waals surface area contributed by atoms with Crippen molar-refractivity contribution in [1.29, 1.82) is 0 Å². The second kappa shape index (κ2) is 8.30. The Morgan fingerprint density at radius 1 is 1.04 bits per heavy atom. The third kappa shape index (κ3) is 4.50. The molecule has 0 fully saturated rings. The quantitative estimate of drug-likeness (QED) is 0.527. The van der Waals surface area contributed by atoms with Gasteiger partial charge in [-0.3, -0.25) is 24.3 Å². The van der Waals surface area contributed by atoms with Crippen LogP contribution in [-0.4, -0.2) is 15.4 Å². The second-order valence-corrected chi connectivity index (χ2v) is 6.39. The topological polar surface area (TPSA) is 94.2 Å². The van der Waals surface area contributed by atoms with Gasteiger partial charge in [0.05, 0.1) is 17.2 Å². The third-order valence-electron chi connectivity index (χ3n) is 4.39. The van der Waals surface area contributed by atoms with E-state index in [-0.39, 0.29) is 18.3 Å². The Hall–Kier alpha value is -3.74. The van der Waals surface area contributed by atoms with Gasteiger partial charge in [0.15, 0.2) is 0 Å². The molecule has 0 saturated heterocycles. The Kier molecular flexibility index (Phi) is 5.64. The number of amides is 1. The van der Waals surface area contributed by atoms with Crippen molar-refractivity contribution in [2.45, 2.75) is 19.5 Å². The lowest BCUT2D eigenvalue weighted by Gasteiger charge is -2.15. The molecule has 7 nitrogen and oxygen atoms in total. The van der Waals surface area contributed by atoms with Crippen molar-refractivity contribution >= 4 is 11.6 Å². The number of pyridine rings is 1. The van der Waals surface area contributed by atoms with Gasteiger partial charge in [-0.05, 0) is 23.6 Å². The number of aromatic nitrogens is 1. The van der Waals surface area contributed by atoms with Crippen LogP contribution in [-0.2, 0) is 11.3 Å². The van der Waals surface area contributed by atoms with Crippen molar-refractivity contribution in [3.63, 3.8) is 0 Å². The largest absolute Gasteiger partial charge is 0.348 e. The first-order chi connectivity index (χ1) is 13.4. The van der Waals surface area contributed by atoms with Crippen molar-refractivity contribution in [3.05, 3.63) is 99.0 Å². The molecule has 7 heteroatoms. The van der Waals surface area contributed by atoms with E-state index in [0.29, 0.717) is 0 Å². The van der Waals surface area contributed by atoms with Crippen LogP contribution in [0.2, 0.25) is 0 Å². The molecular weight excluding hydrogens is 358 g/mol. The maximum absolute atomic E-state index is 12.3. The van der Waals surface area contributed by atoms with Crippen LogP contribution in [0.3, 0.4) is 0 Å². The Balaban J connectivity index is 1.67. The molecule has 0 spiro atoms. The first-order valence-corrected chi connectivity index (χ1v) is 8.73. The minimum Gasteiger partial charge on any atom is -0.348 e. The molecule has 3 aromatic rings. The first-order valence-electron chi connectivity index (χ1n) is 8.73. The molecule has 0 aliphatic heterocycles. The second-order valence-electron chi connectivity index (χ2n) is 6.39. The smallest absolute Gasteiger partial charge is 0.285 e. The van der Waals surface area contributed by atoms with E-state index < -0.39 is 16.4 Å². The van der Waals surface area contributed by atoms with Gasteiger partial charge < -0.3 is 5.32 Å². The van der Waals surface area contributed by atoms with Crippen LogP contribution < -0.4 is 10.9 Å². The molecule has 1 heterocycles. The van der Waals surface area contributed by atoms with Crippen molar-refractivity contribution in [1.82, 2.24) is 9.88 Å². The van der Waals surface area contributed by atoms with E-state index in [2.05, 4.69) is 5.32 Å². The van der Waals surface area contributed by atoms with E-state index in [1.165, 1.54) is 0 Å². The Morgan fingerprint density at radius 3 is 2.32 bits per heavy atom. The van der Waals surface area contributed by atoms with Gasteiger partial charge in [0.1, 0.15) is 6.54 Å². The number of carbonyl (C=O) groups excluding carboxylic acids is 1. The average molecular weight is 377 g/mol. The zero-order chi connectivity index (χ0) is 20.1.